The molecule has 8 heteroatoms. The minimum absolute atomic E-state index is 0.184. The van der Waals surface area contributed by atoms with Gasteiger partial charge in [-0.25, -0.2) is 4.79 Å². The zero-order valence-electron chi connectivity index (χ0n) is 13.2. The van der Waals surface area contributed by atoms with Gasteiger partial charge in [0.15, 0.2) is 0 Å². The number of nitrogens with two attached hydrogens (primary N) is 1. The molecule has 24 heavy (non-hydrogen) atoms. The number of hydrogen-bond donors (Lipinski definition) is 2. The molecule has 1 aromatic rings. The zero-order chi connectivity index (χ0) is 17.5. The highest BCUT2D eigenvalue weighted by Gasteiger charge is 2.21. The lowest BCUT2D eigenvalue weighted by Crippen LogP contribution is -2.51. The summed E-state index contributed by atoms with van der Waals surface area (Å²) in [6, 6.07) is 5.45. The Morgan fingerprint density at radius 3 is 2.62 bits per heavy atom. The van der Waals surface area contributed by atoms with Crippen LogP contribution in [0, 0.1) is 0 Å². The van der Waals surface area contributed by atoms with Gasteiger partial charge in [0.25, 0.3) is 0 Å². The van der Waals surface area contributed by atoms with Crippen LogP contribution in [0.3, 0.4) is 0 Å². The van der Waals surface area contributed by atoms with Crippen molar-refractivity contribution >= 4 is 29.2 Å². The maximum absolute atomic E-state index is 12.1. The molecule has 0 spiro atoms. The number of allylic oxidation sites excluding steroid dienone is 1. The number of halogens is 2. The van der Waals surface area contributed by atoms with Crippen molar-refractivity contribution in [2.24, 2.45) is 5.90 Å². The molecule has 130 valence electrons. The molecule has 1 saturated heterocycles. The number of benzene rings is 1. The third-order valence-electron chi connectivity index (χ3n) is 3.66. The number of nitrogens with one attached hydrogen (secondary N) is 1. The molecule has 1 aromatic carbocycles. The van der Waals surface area contributed by atoms with Crippen LogP contribution in [0.4, 0.5) is 4.79 Å². The number of hydrogen-bond acceptors (Lipinski definition) is 4. The third-order valence-corrected chi connectivity index (χ3v) is 4.40. The molecule has 6 nitrogen and oxygen atoms in total. The lowest BCUT2D eigenvalue weighted by Gasteiger charge is -2.34. The Labute approximate surface area is 151 Å². The van der Waals surface area contributed by atoms with E-state index in [4.69, 9.17) is 29.1 Å². The molecular weight excluding hydrogens is 351 g/mol. The van der Waals surface area contributed by atoms with Gasteiger partial charge in [-0.2, -0.15) is 5.90 Å². The van der Waals surface area contributed by atoms with Gasteiger partial charge < -0.3 is 15.1 Å². The van der Waals surface area contributed by atoms with E-state index in [2.05, 4.69) is 21.6 Å². The van der Waals surface area contributed by atoms with Crippen LogP contribution in [0.5, 0.6) is 0 Å². The molecule has 1 aliphatic rings. The molecule has 1 fully saturated rings. The molecule has 0 radical (unpaired) electrons. The lowest BCUT2D eigenvalue weighted by molar-refractivity contribution is 0.137. The number of carbonyl (C=O) groups is 1. The summed E-state index contributed by atoms with van der Waals surface area (Å²) in [6.45, 7) is 7.30. The topological polar surface area (TPSA) is 70.8 Å². The number of carbonyl (C=O) groups excluding carboxylic acids is 1. The molecule has 1 heterocycles. The molecule has 0 aromatic heterocycles. The fraction of sp³-hybridized carbons (Fsp3) is 0.312. The Kier molecular flexibility index (Phi) is 6.93. The second-order valence-corrected chi connectivity index (χ2v) is 6.22. The van der Waals surface area contributed by atoms with Crippen LogP contribution >= 0.6 is 23.2 Å². The lowest BCUT2D eigenvalue weighted by atomic mass is 10.2. The van der Waals surface area contributed by atoms with Crippen molar-refractivity contribution in [2.75, 3.05) is 26.2 Å². The summed E-state index contributed by atoms with van der Waals surface area (Å²) in [6.07, 6.45) is 2.73. The normalized spacial score (nSPS) is 15.5. The third kappa shape index (κ3) is 5.42. The molecular formula is C16H20Cl2N4O2. The van der Waals surface area contributed by atoms with Crippen LogP contribution in [-0.4, -0.2) is 42.0 Å². The van der Waals surface area contributed by atoms with Gasteiger partial charge in [-0.05, 0) is 23.8 Å². The van der Waals surface area contributed by atoms with E-state index >= 15 is 0 Å². The molecule has 0 saturated carbocycles. The predicted octanol–water partition coefficient (Wildman–Crippen LogP) is 2.74. The van der Waals surface area contributed by atoms with Gasteiger partial charge in [-0.15, -0.1) is 0 Å². The Morgan fingerprint density at radius 2 is 2.00 bits per heavy atom. The highest BCUT2D eigenvalue weighted by Crippen LogP contribution is 2.23. The smallest absolute Gasteiger partial charge is 0.321 e. The Balaban J connectivity index is 1.80. The van der Waals surface area contributed by atoms with Crippen LogP contribution < -0.4 is 11.2 Å². The van der Waals surface area contributed by atoms with Crippen molar-refractivity contribution < 1.29 is 9.63 Å². The van der Waals surface area contributed by atoms with E-state index in [1.807, 2.05) is 12.1 Å². The average Bonchev–Trinajstić information content (AvgIpc) is 2.57. The first-order valence-electron chi connectivity index (χ1n) is 7.43. The Morgan fingerprint density at radius 1 is 1.29 bits per heavy atom. The second-order valence-electron chi connectivity index (χ2n) is 5.41. The monoisotopic (exact) mass is 370 g/mol. The predicted molar refractivity (Wildman–Crippen MR) is 95.4 cm³/mol. The van der Waals surface area contributed by atoms with E-state index in [0.29, 0.717) is 28.8 Å². The molecule has 2 amide bonds. The van der Waals surface area contributed by atoms with Crippen molar-refractivity contribution in [1.82, 2.24) is 15.1 Å². The first-order chi connectivity index (χ1) is 11.5. The first-order valence-corrected chi connectivity index (χ1v) is 8.18. The molecule has 0 bridgehead atoms. The number of rotatable bonds is 5. The molecule has 1 aliphatic heterocycles. The van der Waals surface area contributed by atoms with Crippen LogP contribution in [0.2, 0.25) is 10.0 Å². The standard InChI is InChI=1S/C16H20Cl2N4O2/c1-12(4-9-24-19)20-16(23)22-7-5-21(6-8-22)11-13-2-3-14(17)15(18)10-13/h2-4,9-10H,1,5-8,11,19H2,(H,20,23)/b9-4-. The molecule has 2 rings (SSSR count). The van der Waals surface area contributed by atoms with E-state index in [9.17, 15) is 4.79 Å². The van der Waals surface area contributed by atoms with Crippen molar-refractivity contribution in [3.8, 4) is 0 Å². The highest BCUT2D eigenvalue weighted by molar-refractivity contribution is 6.42. The fourth-order valence-electron chi connectivity index (χ4n) is 2.38. The van der Waals surface area contributed by atoms with Gasteiger partial charge in [-0.1, -0.05) is 35.8 Å². The maximum atomic E-state index is 12.1. The molecule has 0 unspecified atom stereocenters. The van der Waals surface area contributed by atoms with E-state index in [0.717, 1.165) is 25.2 Å². The summed E-state index contributed by atoms with van der Waals surface area (Å²) in [4.78, 5) is 20.4. The number of amides is 2. The summed E-state index contributed by atoms with van der Waals surface area (Å²) in [5, 5.41) is 3.79. The van der Waals surface area contributed by atoms with E-state index in [1.54, 1.807) is 11.0 Å². The van der Waals surface area contributed by atoms with Gasteiger partial charge in [-0.3, -0.25) is 4.90 Å². The fourth-order valence-corrected chi connectivity index (χ4v) is 2.71. The van der Waals surface area contributed by atoms with Crippen LogP contribution in [-0.2, 0) is 11.4 Å². The van der Waals surface area contributed by atoms with E-state index in [-0.39, 0.29) is 6.03 Å². The van der Waals surface area contributed by atoms with E-state index in [1.165, 1.54) is 12.3 Å². The number of urea groups is 1. The van der Waals surface area contributed by atoms with Gasteiger partial charge in [0.2, 0.25) is 0 Å². The van der Waals surface area contributed by atoms with Crippen molar-refractivity contribution in [3.05, 3.63) is 58.4 Å². The minimum atomic E-state index is -0.184. The highest BCUT2D eigenvalue weighted by atomic mass is 35.5. The maximum Gasteiger partial charge on any atom is 0.321 e. The number of nitrogens with zero attached hydrogens (tertiary/aromatic N) is 2. The summed E-state index contributed by atoms with van der Waals surface area (Å²) in [5.41, 5.74) is 1.52. The van der Waals surface area contributed by atoms with Gasteiger partial charge >= 0.3 is 6.03 Å². The Hall–Kier alpha value is -1.73. The van der Waals surface area contributed by atoms with E-state index < -0.39 is 0 Å². The summed E-state index contributed by atoms with van der Waals surface area (Å²) in [5.74, 6) is 4.87. The summed E-state index contributed by atoms with van der Waals surface area (Å²) < 4.78 is 0. The molecule has 3 N–H and O–H groups in total. The molecule has 0 aliphatic carbocycles. The summed E-state index contributed by atoms with van der Waals surface area (Å²) >= 11 is 12.0. The largest absolute Gasteiger partial charge is 0.419 e. The van der Waals surface area contributed by atoms with Gasteiger partial charge in [0.1, 0.15) is 6.26 Å². The van der Waals surface area contributed by atoms with Crippen molar-refractivity contribution in [2.45, 2.75) is 6.54 Å². The first kappa shape index (κ1) is 18.6. The van der Waals surface area contributed by atoms with Crippen LogP contribution in [0.25, 0.3) is 0 Å². The van der Waals surface area contributed by atoms with Crippen molar-refractivity contribution in [3.63, 3.8) is 0 Å². The Bertz CT molecular complexity index is 629. The van der Waals surface area contributed by atoms with Crippen LogP contribution in [0.15, 0.2) is 42.8 Å². The van der Waals surface area contributed by atoms with Gasteiger partial charge in [0.05, 0.1) is 10.0 Å². The summed E-state index contributed by atoms with van der Waals surface area (Å²) in [7, 11) is 0. The number of piperazine rings is 1. The van der Waals surface area contributed by atoms with Crippen molar-refractivity contribution in [1.29, 1.82) is 0 Å². The second kappa shape index (κ2) is 8.94. The SMILES string of the molecule is C=C(/C=C\ON)NC(=O)N1CCN(Cc2ccc(Cl)c(Cl)c2)CC1. The zero-order valence-corrected chi connectivity index (χ0v) is 14.7. The minimum Gasteiger partial charge on any atom is -0.419 e. The quantitative estimate of drug-likeness (QED) is 0.474. The van der Waals surface area contributed by atoms with Gasteiger partial charge in [0, 0.05) is 38.4 Å². The average molecular weight is 371 g/mol. The van der Waals surface area contributed by atoms with Crippen LogP contribution in [0.1, 0.15) is 5.56 Å². The molecule has 0 atom stereocenters.